The number of nitrogens with one attached hydrogen (secondary N) is 2. The van der Waals surface area contributed by atoms with Gasteiger partial charge in [-0.3, -0.25) is 14.5 Å². The van der Waals surface area contributed by atoms with Crippen molar-refractivity contribution in [3.8, 4) is 10.6 Å². The minimum absolute atomic E-state index is 0.0779. The van der Waals surface area contributed by atoms with E-state index in [0.717, 1.165) is 21.1 Å². The molecule has 1 saturated heterocycles. The van der Waals surface area contributed by atoms with Crippen LogP contribution in [0.5, 0.6) is 0 Å². The zero-order valence-electron chi connectivity index (χ0n) is 14.0. The number of alkyl halides is 3. The molecular weight excluding hydrogens is 413 g/mol. The van der Waals surface area contributed by atoms with E-state index < -0.39 is 24.6 Å². The molecule has 2 aromatic heterocycles. The molecule has 0 spiro atoms. The van der Waals surface area contributed by atoms with Gasteiger partial charge in [0.2, 0.25) is 0 Å². The molecular formula is C17H13F3N4O2S2. The second-order valence-corrected chi connectivity index (χ2v) is 7.56. The van der Waals surface area contributed by atoms with E-state index in [2.05, 4.69) is 15.8 Å². The van der Waals surface area contributed by atoms with Gasteiger partial charge in [0.1, 0.15) is 0 Å². The van der Waals surface area contributed by atoms with Crippen LogP contribution in [0.4, 0.5) is 18.3 Å². The number of hydrogen-bond acceptors (Lipinski definition) is 7. The first-order valence-electron chi connectivity index (χ1n) is 8.05. The summed E-state index contributed by atoms with van der Waals surface area (Å²) in [6, 6.07) is 11.9. The number of amides is 1. The zero-order valence-corrected chi connectivity index (χ0v) is 15.6. The summed E-state index contributed by atoms with van der Waals surface area (Å²) in [6.07, 6.45) is -8.20. The molecule has 11 heteroatoms. The Morgan fingerprint density at radius 2 is 1.96 bits per heavy atom. The monoisotopic (exact) mass is 426 g/mol. The van der Waals surface area contributed by atoms with Crippen LogP contribution in [0.1, 0.15) is 10.4 Å². The minimum Gasteiger partial charge on any atom is -0.317 e. The summed E-state index contributed by atoms with van der Waals surface area (Å²) < 4.78 is 40.4. The first kappa shape index (κ1) is 18.9. The number of anilines is 1. The van der Waals surface area contributed by atoms with Gasteiger partial charge in [0.15, 0.2) is 11.4 Å². The molecule has 2 N–H and O–H groups in total. The first-order chi connectivity index (χ1) is 13.4. The average Bonchev–Trinajstić information content (AvgIpc) is 3.41. The molecule has 1 aliphatic rings. The van der Waals surface area contributed by atoms with Crippen molar-refractivity contribution in [2.75, 3.05) is 4.90 Å². The van der Waals surface area contributed by atoms with Gasteiger partial charge in [-0.15, -0.1) is 22.7 Å². The number of nitrogens with zero attached hydrogens (tertiary/aromatic N) is 2. The molecule has 4 rings (SSSR count). The van der Waals surface area contributed by atoms with Gasteiger partial charge in [-0.1, -0.05) is 24.3 Å². The summed E-state index contributed by atoms with van der Waals surface area (Å²) in [5.41, 5.74) is 3.13. The molecule has 1 aromatic carbocycles. The lowest BCUT2D eigenvalue weighted by Crippen LogP contribution is -2.54. The maximum absolute atomic E-state index is 13.5. The van der Waals surface area contributed by atoms with Crippen molar-refractivity contribution in [1.82, 2.24) is 15.8 Å². The number of carbonyl (C=O) groups excluding carboxylic acids is 1. The minimum atomic E-state index is -4.69. The van der Waals surface area contributed by atoms with Crippen molar-refractivity contribution in [3.05, 3.63) is 58.8 Å². The normalized spacial score (nSPS) is 19.8. The summed E-state index contributed by atoms with van der Waals surface area (Å²) in [5, 5.41) is 6.11. The van der Waals surface area contributed by atoms with Crippen molar-refractivity contribution < 1.29 is 22.8 Å². The molecule has 6 nitrogen and oxygen atoms in total. The summed E-state index contributed by atoms with van der Waals surface area (Å²) in [7, 11) is 0. The highest BCUT2D eigenvalue weighted by Gasteiger charge is 2.53. The van der Waals surface area contributed by atoms with Gasteiger partial charge in [-0.05, 0) is 23.6 Å². The van der Waals surface area contributed by atoms with Crippen molar-refractivity contribution in [2.24, 2.45) is 0 Å². The van der Waals surface area contributed by atoms with Gasteiger partial charge in [-0.25, -0.2) is 4.98 Å². The van der Waals surface area contributed by atoms with E-state index in [1.165, 1.54) is 11.3 Å². The SMILES string of the molecule is O=C(NC1NOC(C(F)(F)F)N1c1nc(-c2cccs2)cs1)c1ccccc1. The lowest BCUT2D eigenvalue weighted by molar-refractivity contribution is -0.217. The maximum Gasteiger partial charge on any atom is 0.435 e. The van der Waals surface area contributed by atoms with Crippen molar-refractivity contribution in [1.29, 1.82) is 0 Å². The van der Waals surface area contributed by atoms with Crippen LogP contribution in [0.2, 0.25) is 0 Å². The Kier molecular flexibility index (Phi) is 5.06. The standard InChI is InChI=1S/C17H13F3N4O2S2/c18-17(19,20)14-24(16-21-11(9-28-16)12-7-4-8-27-12)15(23-26-14)22-13(25)10-5-2-1-3-6-10/h1-9,14-15,23H,(H,22,25). The molecule has 3 heterocycles. The van der Waals surface area contributed by atoms with Crippen LogP contribution in [0.15, 0.2) is 53.2 Å². The highest BCUT2D eigenvalue weighted by molar-refractivity contribution is 7.16. The lowest BCUT2D eigenvalue weighted by atomic mass is 10.2. The van der Waals surface area contributed by atoms with Crippen LogP contribution in [0.3, 0.4) is 0 Å². The summed E-state index contributed by atoms with van der Waals surface area (Å²) in [5.74, 6) is -0.537. The van der Waals surface area contributed by atoms with Crippen LogP contribution < -0.4 is 15.7 Å². The molecule has 0 saturated carbocycles. The molecule has 1 fully saturated rings. The molecule has 1 aliphatic heterocycles. The van der Waals surface area contributed by atoms with E-state index in [1.54, 1.807) is 35.7 Å². The van der Waals surface area contributed by atoms with Gasteiger partial charge < -0.3 is 5.32 Å². The van der Waals surface area contributed by atoms with E-state index in [-0.39, 0.29) is 5.13 Å². The quantitative estimate of drug-likeness (QED) is 0.664. The molecule has 2 unspecified atom stereocenters. The van der Waals surface area contributed by atoms with Gasteiger partial charge in [-0.2, -0.15) is 18.7 Å². The maximum atomic E-state index is 13.5. The molecule has 2 atom stereocenters. The summed E-state index contributed by atoms with van der Waals surface area (Å²) >= 11 is 2.48. The second-order valence-electron chi connectivity index (χ2n) is 5.77. The van der Waals surface area contributed by atoms with Crippen LogP contribution in [0, 0.1) is 0 Å². The molecule has 0 radical (unpaired) electrons. The van der Waals surface area contributed by atoms with Crippen molar-refractivity contribution in [3.63, 3.8) is 0 Å². The number of benzene rings is 1. The Hall–Kier alpha value is -2.47. The largest absolute Gasteiger partial charge is 0.435 e. The number of carbonyl (C=O) groups is 1. The van der Waals surface area contributed by atoms with E-state index in [0.29, 0.717) is 11.3 Å². The fourth-order valence-electron chi connectivity index (χ4n) is 2.63. The van der Waals surface area contributed by atoms with Gasteiger partial charge >= 0.3 is 6.18 Å². The Morgan fingerprint density at radius 3 is 2.64 bits per heavy atom. The number of halogens is 3. The fraction of sp³-hybridized carbons (Fsp3) is 0.176. The third-order valence-electron chi connectivity index (χ3n) is 3.89. The molecule has 0 aliphatic carbocycles. The molecule has 28 heavy (non-hydrogen) atoms. The van der Waals surface area contributed by atoms with E-state index in [1.807, 2.05) is 17.5 Å². The third-order valence-corrected chi connectivity index (χ3v) is 5.64. The molecule has 146 valence electrons. The predicted molar refractivity (Wildman–Crippen MR) is 99.7 cm³/mol. The lowest BCUT2D eigenvalue weighted by Gasteiger charge is -2.27. The highest BCUT2D eigenvalue weighted by atomic mass is 32.1. The number of thiophene rings is 1. The second kappa shape index (κ2) is 7.51. The van der Waals surface area contributed by atoms with Gasteiger partial charge in [0.25, 0.3) is 12.1 Å². The number of rotatable bonds is 4. The van der Waals surface area contributed by atoms with Gasteiger partial charge in [0.05, 0.1) is 10.6 Å². The highest BCUT2D eigenvalue weighted by Crippen LogP contribution is 2.37. The van der Waals surface area contributed by atoms with E-state index in [9.17, 15) is 18.0 Å². The zero-order chi connectivity index (χ0) is 19.7. The topological polar surface area (TPSA) is 66.5 Å². The van der Waals surface area contributed by atoms with E-state index >= 15 is 0 Å². The summed E-state index contributed by atoms with van der Waals surface area (Å²) in [6.45, 7) is 0. The smallest absolute Gasteiger partial charge is 0.317 e. The third kappa shape index (κ3) is 3.74. The predicted octanol–water partition coefficient (Wildman–Crippen LogP) is 3.81. The summed E-state index contributed by atoms with van der Waals surface area (Å²) in [4.78, 5) is 23.2. The van der Waals surface area contributed by atoms with Gasteiger partial charge in [0, 0.05) is 10.9 Å². The molecule has 1 amide bonds. The van der Waals surface area contributed by atoms with E-state index in [4.69, 9.17) is 4.84 Å². The van der Waals surface area contributed by atoms with Crippen molar-refractivity contribution in [2.45, 2.75) is 18.7 Å². The van der Waals surface area contributed by atoms with Crippen LogP contribution in [-0.4, -0.2) is 29.6 Å². The Morgan fingerprint density at radius 1 is 1.18 bits per heavy atom. The number of thiazole rings is 1. The van der Waals surface area contributed by atoms with Crippen LogP contribution in [0.25, 0.3) is 10.6 Å². The van der Waals surface area contributed by atoms with Crippen LogP contribution in [-0.2, 0) is 4.84 Å². The van der Waals surface area contributed by atoms with Crippen molar-refractivity contribution >= 4 is 33.7 Å². The average molecular weight is 426 g/mol. The Labute approximate surface area is 165 Å². The Bertz CT molecular complexity index is 947. The molecule has 0 bridgehead atoms. The number of hydroxylamine groups is 1. The van der Waals surface area contributed by atoms with Crippen LogP contribution >= 0.6 is 22.7 Å². The first-order valence-corrected chi connectivity index (χ1v) is 9.81. The number of aromatic nitrogens is 1. The fourth-order valence-corrected chi connectivity index (χ4v) is 4.26. The number of hydrogen-bond donors (Lipinski definition) is 2. The molecule has 3 aromatic rings. The Balaban J connectivity index is 1.62.